The van der Waals surface area contributed by atoms with E-state index in [4.69, 9.17) is 10.3 Å². The van der Waals surface area contributed by atoms with Crippen molar-refractivity contribution >= 4 is 25.8 Å². The maximum Gasteiger partial charge on any atom is 0.320 e. The molecule has 2 rings (SSSR count). The highest BCUT2D eigenvalue weighted by Crippen LogP contribution is 2.45. The van der Waals surface area contributed by atoms with E-state index in [1.54, 1.807) is 0 Å². The Morgan fingerprint density at radius 2 is 2.19 bits per heavy atom. The molecule has 0 heterocycles. The first-order valence-corrected chi connectivity index (χ1v) is 8.32. The van der Waals surface area contributed by atoms with E-state index >= 15 is 0 Å². The minimum Gasteiger partial charge on any atom is -0.387 e. The van der Waals surface area contributed by atoms with Crippen molar-refractivity contribution in [2.24, 2.45) is 22.6 Å². The number of nitrogens with zero attached hydrogens (tertiary/aromatic N) is 1. The van der Waals surface area contributed by atoms with Crippen molar-refractivity contribution in [1.29, 1.82) is 0 Å². The fourth-order valence-electron chi connectivity index (χ4n) is 2.75. The van der Waals surface area contributed by atoms with Crippen molar-refractivity contribution in [3.8, 4) is 0 Å². The number of fused-ring (bicyclic) bond motifs is 2. The second kappa shape index (κ2) is 4.54. The van der Waals surface area contributed by atoms with Gasteiger partial charge in [0.1, 0.15) is 5.84 Å². The molecule has 0 aromatic rings. The molecule has 0 amide bonds. The summed E-state index contributed by atoms with van der Waals surface area (Å²) in [6.07, 6.45) is 4.85. The van der Waals surface area contributed by atoms with Crippen LogP contribution in [-0.4, -0.2) is 30.6 Å². The molecule has 0 saturated heterocycles. The van der Waals surface area contributed by atoms with E-state index in [1.165, 1.54) is 19.3 Å². The van der Waals surface area contributed by atoms with Crippen molar-refractivity contribution < 1.29 is 13.0 Å². The van der Waals surface area contributed by atoms with Gasteiger partial charge in [-0.1, -0.05) is 6.42 Å². The molecule has 92 valence electrons. The average molecular weight is 264 g/mol. The van der Waals surface area contributed by atoms with Crippen molar-refractivity contribution in [2.75, 3.05) is 5.75 Å². The molecule has 7 heteroatoms. The minimum atomic E-state index is -4.01. The van der Waals surface area contributed by atoms with Gasteiger partial charge in [0, 0.05) is 10.8 Å². The van der Waals surface area contributed by atoms with Gasteiger partial charge in [0.05, 0.1) is 11.8 Å². The van der Waals surface area contributed by atoms with Gasteiger partial charge in [-0.3, -0.25) is 9.55 Å². The van der Waals surface area contributed by atoms with E-state index in [0.717, 1.165) is 12.3 Å². The molecule has 2 bridgehead atoms. The Balaban J connectivity index is 1.87. The van der Waals surface area contributed by atoms with E-state index in [1.807, 2.05) is 0 Å². The SMILES string of the molecule is NC(CSS(=O)(=O)O)=N[C@H]1C[C@@H]2CC[C@H]1C2. The zero-order valence-corrected chi connectivity index (χ0v) is 10.5. The van der Waals surface area contributed by atoms with Gasteiger partial charge in [0.15, 0.2) is 0 Å². The second-order valence-corrected chi connectivity index (χ2v) is 7.90. The molecule has 3 N–H and O–H groups in total. The fraction of sp³-hybridized carbons (Fsp3) is 0.889. The predicted octanol–water partition coefficient (Wildman–Crippen LogP) is 1.07. The molecule has 0 radical (unpaired) electrons. The summed E-state index contributed by atoms with van der Waals surface area (Å²) in [5.74, 6) is 1.80. The van der Waals surface area contributed by atoms with Gasteiger partial charge < -0.3 is 5.73 Å². The topological polar surface area (TPSA) is 92.8 Å². The van der Waals surface area contributed by atoms with Crippen LogP contribution in [0.15, 0.2) is 4.99 Å². The molecular formula is C9H16N2O3S2. The lowest BCUT2D eigenvalue weighted by Crippen LogP contribution is -2.23. The summed E-state index contributed by atoms with van der Waals surface area (Å²) in [6.45, 7) is 0. The summed E-state index contributed by atoms with van der Waals surface area (Å²) in [5.41, 5.74) is 5.65. The highest BCUT2D eigenvalue weighted by molar-refractivity contribution is 8.70. The van der Waals surface area contributed by atoms with E-state index in [-0.39, 0.29) is 11.8 Å². The Hall–Kier alpha value is -0.270. The van der Waals surface area contributed by atoms with Crippen molar-refractivity contribution in [3.63, 3.8) is 0 Å². The number of aliphatic imine (C=N–C) groups is 1. The molecule has 0 aromatic carbocycles. The largest absolute Gasteiger partial charge is 0.387 e. The van der Waals surface area contributed by atoms with Gasteiger partial charge in [-0.25, -0.2) is 0 Å². The van der Waals surface area contributed by atoms with E-state index in [2.05, 4.69) is 4.99 Å². The van der Waals surface area contributed by atoms with E-state index in [9.17, 15) is 8.42 Å². The van der Waals surface area contributed by atoms with Gasteiger partial charge in [-0.2, -0.15) is 8.42 Å². The molecule has 0 aliphatic heterocycles. The first-order chi connectivity index (χ1) is 7.44. The Kier molecular flexibility index (Phi) is 3.46. The van der Waals surface area contributed by atoms with Crippen LogP contribution in [0.1, 0.15) is 25.7 Å². The van der Waals surface area contributed by atoms with Crippen LogP contribution in [0.2, 0.25) is 0 Å². The molecule has 2 aliphatic rings. The average Bonchev–Trinajstić information content (AvgIpc) is 2.75. The highest BCUT2D eigenvalue weighted by Gasteiger charge is 2.39. The van der Waals surface area contributed by atoms with Crippen molar-refractivity contribution in [1.82, 2.24) is 0 Å². The normalized spacial score (nSPS) is 34.6. The zero-order chi connectivity index (χ0) is 11.8. The quantitative estimate of drug-likeness (QED) is 0.343. The molecule has 2 aliphatic carbocycles. The first-order valence-electron chi connectivity index (χ1n) is 5.38. The maximum absolute atomic E-state index is 10.5. The Labute approximate surface area is 99.0 Å². The van der Waals surface area contributed by atoms with Crippen LogP contribution in [0.5, 0.6) is 0 Å². The predicted molar refractivity (Wildman–Crippen MR) is 64.9 cm³/mol. The molecule has 5 nitrogen and oxygen atoms in total. The highest BCUT2D eigenvalue weighted by atomic mass is 33.1. The van der Waals surface area contributed by atoms with Crippen LogP contribution in [0.25, 0.3) is 0 Å². The number of amidine groups is 1. The summed E-state index contributed by atoms with van der Waals surface area (Å²) < 4.78 is 29.6. The first kappa shape index (κ1) is 12.2. The Morgan fingerprint density at radius 3 is 2.69 bits per heavy atom. The molecule has 2 fully saturated rings. The molecule has 16 heavy (non-hydrogen) atoms. The standard InChI is InChI=1S/C9H16N2O3S2/c10-9(5-15-16(12,13)14)11-8-4-6-1-2-7(8)3-6/h6-8H,1-5H2,(H2,10,11)(H,12,13,14)/t6-,7+,8+/m1/s1. The summed E-state index contributed by atoms with van der Waals surface area (Å²) in [6, 6.07) is 0.278. The Morgan fingerprint density at radius 1 is 1.44 bits per heavy atom. The van der Waals surface area contributed by atoms with Crippen molar-refractivity contribution in [3.05, 3.63) is 0 Å². The number of hydrogen-bond donors (Lipinski definition) is 2. The monoisotopic (exact) mass is 264 g/mol. The molecule has 3 atom stereocenters. The van der Waals surface area contributed by atoms with Gasteiger partial charge >= 0.3 is 9.15 Å². The summed E-state index contributed by atoms with van der Waals surface area (Å²) in [7, 11) is -3.59. The molecular weight excluding hydrogens is 248 g/mol. The summed E-state index contributed by atoms with van der Waals surface area (Å²) >= 11 is 0. The Bertz CT molecular complexity index is 394. The number of rotatable bonds is 4. The lowest BCUT2D eigenvalue weighted by molar-refractivity contribution is 0.420. The van der Waals surface area contributed by atoms with Gasteiger partial charge in [0.2, 0.25) is 0 Å². The van der Waals surface area contributed by atoms with Gasteiger partial charge in [-0.15, -0.1) is 0 Å². The third kappa shape index (κ3) is 3.11. The van der Waals surface area contributed by atoms with Gasteiger partial charge in [-0.05, 0) is 31.1 Å². The number of hydrogen-bond acceptors (Lipinski definition) is 4. The third-order valence-corrected chi connectivity index (χ3v) is 5.35. The zero-order valence-electron chi connectivity index (χ0n) is 8.87. The molecule has 0 aromatic heterocycles. The van der Waals surface area contributed by atoms with Gasteiger partial charge in [0.25, 0.3) is 0 Å². The van der Waals surface area contributed by atoms with Crippen LogP contribution in [0.3, 0.4) is 0 Å². The molecule has 2 saturated carbocycles. The van der Waals surface area contributed by atoms with Crippen molar-refractivity contribution in [2.45, 2.75) is 31.7 Å². The van der Waals surface area contributed by atoms with Crippen LogP contribution < -0.4 is 5.73 Å². The third-order valence-electron chi connectivity index (χ3n) is 3.39. The van der Waals surface area contributed by atoms with Crippen LogP contribution >= 0.6 is 10.8 Å². The second-order valence-electron chi connectivity index (χ2n) is 4.55. The maximum atomic E-state index is 10.5. The molecule has 0 unspecified atom stereocenters. The number of nitrogens with two attached hydrogens (primary N) is 1. The van der Waals surface area contributed by atoms with Crippen LogP contribution in [0, 0.1) is 11.8 Å². The van der Waals surface area contributed by atoms with Crippen LogP contribution in [0.4, 0.5) is 0 Å². The lowest BCUT2D eigenvalue weighted by atomic mass is 9.96. The lowest BCUT2D eigenvalue weighted by Gasteiger charge is -2.17. The fourth-order valence-corrected chi connectivity index (χ4v) is 3.91. The van der Waals surface area contributed by atoms with Crippen LogP contribution in [-0.2, 0) is 9.15 Å². The molecule has 0 spiro atoms. The smallest absolute Gasteiger partial charge is 0.320 e. The van der Waals surface area contributed by atoms with E-state index < -0.39 is 9.15 Å². The summed E-state index contributed by atoms with van der Waals surface area (Å²) in [5, 5.41) is 0. The van der Waals surface area contributed by atoms with E-state index in [0.29, 0.717) is 22.5 Å². The minimum absolute atomic E-state index is 0.0483. The summed E-state index contributed by atoms with van der Waals surface area (Å²) in [4.78, 5) is 4.36.